The minimum absolute atomic E-state index is 0.00597. The Morgan fingerprint density at radius 3 is 1.64 bits per heavy atom. The molecular weight excluding hydrogens is 629 g/mol. The summed E-state index contributed by atoms with van der Waals surface area (Å²) >= 11 is 1.64. The van der Waals surface area contributed by atoms with Crippen LogP contribution in [0.3, 0.4) is 0 Å². The third-order valence-electron chi connectivity index (χ3n) is 9.66. The average Bonchev–Trinajstić information content (AvgIpc) is 3.47. The van der Waals surface area contributed by atoms with Gasteiger partial charge in [0.2, 0.25) is 0 Å². The Kier molecular flexibility index (Phi) is 8.88. The smallest absolute Gasteiger partial charge is 0.128 e. The lowest BCUT2D eigenvalue weighted by Gasteiger charge is -2.26. The molecule has 0 saturated heterocycles. The van der Waals surface area contributed by atoms with Crippen molar-refractivity contribution in [3.8, 4) is 49.8 Å². The van der Waals surface area contributed by atoms with Gasteiger partial charge in [-0.3, -0.25) is 4.98 Å². The maximum absolute atomic E-state index is 10.8. The first-order valence-electron chi connectivity index (χ1n) is 17.7. The van der Waals surface area contributed by atoms with Crippen molar-refractivity contribution in [2.75, 3.05) is 0 Å². The SMILES string of the molecule is CC(C)(C)c1cc(-c2cc(-c3cc(C(C)(C)C)ccn3)cc(-c3cc(C(C)(C)C)cc4sc(-c5ccccc5O)nc34)c2)cc(C(C)(C)C)c1. The van der Waals surface area contributed by atoms with Crippen molar-refractivity contribution in [3.63, 3.8) is 0 Å². The van der Waals surface area contributed by atoms with Crippen molar-refractivity contribution in [3.05, 3.63) is 113 Å². The maximum atomic E-state index is 10.8. The van der Waals surface area contributed by atoms with E-state index in [1.54, 1.807) is 17.4 Å². The zero-order valence-electron chi connectivity index (χ0n) is 31.9. The van der Waals surface area contributed by atoms with Crippen molar-refractivity contribution < 1.29 is 5.11 Å². The lowest BCUT2D eigenvalue weighted by Crippen LogP contribution is -2.16. The second-order valence-corrected chi connectivity index (χ2v) is 19.0. The van der Waals surface area contributed by atoms with Crippen LogP contribution in [0.25, 0.3) is 54.3 Å². The second-order valence-electron chi connectivity index (χ2n) is 17.9. The fourth-order valence-corrected chi connectivity index (χ4v) is 7.33. The number of pyridine rings is 1. The third kappa shape index (κ3) is 7.28. The molecule has 0 aliphatic heterocycles. The van der Waals surface area contributed by atoms with E-state index in [0.717, 1.165) is 48.7 Å². The maximum Gasteiger partial charge on any atom is 0.128 e. The van der Waals surface area contributed by atoms with Crippen molar-refractivity contribution >= 4 is 21.6 Å². The van der Waals surface area contributed by atoms with Gasteiger partial charge in [-0.2, -0.15) is 0 Å². The summed E-state index contributed by atoms with van der Waals surface area (Å²) in [6.07, 6.45) is 1.94. The van der Waals surface area contributed by atoms with Gasteiger partial charge in [-0.25, -0.2) is 4.98 Å². The van der Waals surface area contributed by atoms with Crippen LogP contribution < -0.4 is 0 Å². The molecule has 2 aromatic heterocycles. The summed E-state index contributed by atoms with van der Waals surface area (Å²) in [6, 6.07) is 30.5. The molecule has 0 aliphatic rings. The van der Waals surface area contributed by atoms with Gasteiger partial charge in [0, 0.05) is 17.3 Å². The molecule has 0 saturated carbocycles. The highest BCUT2D eigenvalue weighted by Gasteiger charge is 2.24. The number of aromatic nitrogens is 2. The molecule has 0 atom stereocenters. The number of hydrogen-bond acceptors (Lipinski definition) is 4. The van der Waals surface area contributed by atoms with Gasteiger partial charge in [0.1, 0.15) is 10.8 Å². The van der Waals surface area contributed by atoms with E-state index in [2.05, 4.69) is 144 Å². The topological polar surface area (TPSA) is 46.0 Å². The lowest BCUT2D eigenvalue weighted by molar-refractivity contribution is 0.477. The van der Waals surface area contributed by atoms with Crippen LogP contribution in [0, 0.1) is 0 Å². The van der Waals surface area contributed by atoms with Crippen LogP contribution in [-0.4, -0.2) is 15.1 Å². The van der Waals surface area contributed by atoms with E-state index in [-0.39, 0.29) is 27.4 Å². The fraction of sp³-hybridized carbons (Fsp3) is 0.348. The fourth-order valence-electron chi connectivity index (χ4n) is 6.27. The number of thiazole rings is 1. The first kappa shape index (κ1) is 35.5. The molecule has 1 N–H and O–H groups in total. The number of hydrogen-bond donors (Lipinski definition) is 1. The van der Waals surface area contributed by atoms with E-state index in [9.17, 15) is 5.11 Å². The predicted molar refractivity (Wildman–Crippen MR) is 216 cm³/mol. The molecule has 258 valence electrons. The minimum Gasteiger partial charge on any atom is -0.507 e. The van der Waals surface area contributed by atoms with E-state index in [1.807, 2.05) is 24.4 Å². The number of benzene rings is 4. The summed E-state index contributed by atoms with van der Waals surface area (Å²) in [5.74, 6) is 0.242. The Morgan fingerprint density at radius 1 is 0.500 bits per heavy atom. The predicted octanol–water partition coefficient (Wildman–Crippen LogP) is 13.3. The zero-order chi connectivity index (χ0) is 36.4. The molecule has 0 spiro atoms. The Balaban J connectivity index is 1.69. The first-order chi connectivity index (χ1) is 23.2. The molecular formula is C46H52N2OS. The van der Waals surface area contributed by atoms with Crippen LogP contribution >= 0.6 is 11.3 Å². The number of para-hydroxylation sites is 1. The highest BCUT2D eigenvalue weighted by molar-refractivity contribution is 7.21. The number of fused-ring (bicyclic) bond motifs is 1. The van der Waals surface area contributed by atoms with Crippen molar-refractivity contribution in [1.82, 2.24) is 9.97 Å². The van der Waals surface area contributed by atoms with Crippen LogP contribution in [-0.2, 0) is 21.7 Å². The van der Waals surface area contributed by atoms with Crippen LogP contribution in [0.5, 0.6) is 5.75 Å². The Labute approximate surface area is 303 Å². The molecule has 0 bridgehead atoms. The average molecular weight is 681 g/mol. The highest BCUT2D eigenvalue weighted by Crippen LogP contribution is 2.44. The molecule has 6 rings (SSSR count). The highest BCUT2D eigenvalue weighted by atomic mass is 32.1. The van der Waals surface area contributed by atoms with Crippen molar-refractivity contribution in [1.29, 1.82) is 0 Å². The van der Waals surface area contributed by atoms with Crippen molar-refractivity contribution in [2.24, 2.45) is 0 Å². The van der Waals surface area contributed by atoms with E-state index < -0.39 is 0 Å². The van der Waals surface area contributed by atoms with Gasteiger partial charge in [0.15, 0.2) is 0 Å². The number of phenolic OH excluding ortho intramolecular Hbond substituents is 1. The monoisotopic (exact) mass is 680 g/mol. The molecule has 0 unspecified atom stereocenters. The number of rotatable bonds is 4. The second kappa shape index (κ2) is 12.5. The van der Waals surface area contributed by atoms with Gasteiger partial charge in [-0.15, -0.1) is 11.3 Å². The molecule has 6 aromatic rings. The van der Waals surface area contributed by atoms with Gasteiger partial charge in [-0.05, 0) is 115 Å². The lowest BCUT2D eigenvalue weighted by atomic mass is 9.78. The van der Waals surface area contributed by atoms with Crippen LogP contribution in [0.4, 0.5) is 0 Å². The minimum atomic E-state index is -0.0757. The summed E-state index contributed by atoms with van der Waals surface area (Å²) in [5, 5.41) is 11.6. The summed E-state index contributed by atoms with van der Waals surface area (Å²) < 4.78 is 1.11. The molecule has 0 fully saturated rings. The molecule has 2 heterocycles. The normalized spacial score (nSPS) is 12.9. The standard InChI is InChI=1S/C46H52N2OS/c1-43(2,3)32-17-18-47-38(26-32)31-20-28(29-22-33(44(4,5)6)24-34(23-29)45(7,8)9)19-30(21-31)37-25-35(46(10,11)12)27-40-41(37)48-42(50-40)36-15-13-14-16-39(36)49/h13-27,49H,1-12H3. The molecule has 3 nitrogen and oxygen atoms in total. The van der Waals surface area contributed by atoms with E-state index in [1.165, 1.54) is 27.8 Å². The van der Waals surface area contributed by atoms with Gasteiger partial charge < -0.3 is 5.11 Å². The molecule has 0 amide bonds. The van der Waals surface area contributed by atoms with Crippen LogP contribution in [0.2, 0.25) is 0 Å². The van der Waals surface area contributed by atoms with E-state index in [4.69, 9.17) is 9.97 Å². The molecule has 50 heavy (non-hydrogen) atoms. The first-order valence-corrected chi connectivity index (χ1v) is 18.5. The van der Waals surface area contributed by atoms with Gasteiger partial charge in [0.25, 0.3) is 0 Å². The molecule has 0 aliphatic carbocycles. The van der Waals surface area contributed by atoms with E-state index >= 15 is 0 Å². The number of phenols is 1. The Hall–Kier alpha value is -4.28. The van der Waals surface area contributed by atoms with E-state index in [0.29, 0.717) is 0 Å². The largest absolute Gasteiger partial charge is 0.507 e. The van der Waals surface area contributed by atoms with Gasteiger partial charge >= 0.3 is 0 Å². The van der Waals surface area contributed by atoms with Gasteiger partial charge in [0.05, 0.1) is 21.5 Å². The van der Waals surface area contributed by atoms with Crippen LogP contribution in [0.15, 0.2) is 91.1 Å². The Morgan fingerprint density at radius 2 is 1.04 bits per heavy atom. The molecule has 4 aromatic carbocycles. The van der Waals surface area contributed by atoms with Crippen molar-refractivity contribution in [2.45, 2.75) is 105 Å². The van der Waals surface area contributed by atoms with Gasteiger partial charge in [-0.1, -0.05) is 113 Å². The quantitative estimate of drug-likeness (QED) is 0.202. The molecule has 4 heteroatoms. The summed E-state index contributed by atoms with van der Waals surface area (Å²) in [7, 11) is 0. The number of aromatic hydroxyl groups is 1. The van der Waals surface area contributed by atoms with Crippen LogP contribution in [0.1, 0.15) is 105 Å². The summed E-state index contributed by atoms with van der Waals surface area (Å²) in [6.45, 7) is 27.3. The third-order valence-corrected chi connectivity index (χ3v) is 10.7. The molecule has 0 radical (unpaired) electrons. The summed E-state index contributed by atoms with van der Waals surface area (Å²) in [5.41, 5.74) is 13.3. The zero-order valence-corrected chi connectivity index (χ0v) is 32.7. The number of nitrogens with zero attached hydrogens (tertiary/aromatic N) is 2. The summed E-state index contributed by atoms with van der Waals surface area (Å²) in [4.78, 5) is 10.2. The Bertz CT molecular complexity index is 2180.